The second-order valence-corrected chi connectivity index (χ2v) is 2.69. The Balaban J connectivity index is 3.16. The fourth-order valence-corrected chi connectivity index (χ4v) is 1.11. The van der Waals surface area contributed by atoms with Crippen LogP contribution in [-0.2, 0) is 0 Å². The highest BCUT2D eigenvalue weighted by atomic mass is 19.2. The van der Waals surface area contributed by atoms with E-state index in [1.54, 1.807) is 6.92 Å². The first-order valence-corrected chi connectivity index (χ1v) is 4.11. The van der Waals surface area contributed by atoms with Gasteiger partial charge in [0.1, 0.15) is 6.73 Å². The van der Waals surface area contributed by atoms with Crippen molar-refractivity contribution in [3.63, 3.8) is 0 Å². The normalized spacial score (nSPS) is 10.4. The molecule has 1 rings (SSSR count). The van der Waals surface area contributed by atoms with Crippen LogP contribution in [0, 0.1) is 17.5 Å². The number of benzene rings is 1. The molecule has 0 spiro atoms. The van der Waals surface area contributed by atoms with Crippen molar-refractivity contribution in [2.24, 2.45) is 0 Å². The quantitative estimate of drug-likeness (QED) is 0.601. The molecule has 0 fully saturated rings. The van der Waals surface area contributed by atoms with Gasteiger partial charge in [-0.05, 0) is 19.1 Å². The van der Waals surface area contributed by atoms with Crippen molar-refractivity contribution in [1.82, 2.24) is 0 Å². The third kappa shape index (κ3) is 1.82. The van der Waals surface area contributed by atoms with Crippen molar-refractivity contribution in [1.29, 1.82) is 0 Å². The summed E-state index contributed by atoms with van der Waals surface area (Å²) < 4.78 is 38.4. The molecular formula is C9H10F3NO. The number of halogens is 3. The summed E-state index contributed by atoms with van der Waals surface area (Å²) in [5.41, 5.74) is -0.145. The summed E-state index contributed by atoms with van der Waals surface area (Å²) in [6.07, 6.45) is 0. The molecule has 78 valence electrons. The van der Waals surface area contributed by atoms with Crippen molar-refractivity contribution in [3.05, 3.63) is 29.6 Å². The number of aliphatic hydroxyl groups is 1. The lowest BCUT2D eigenvalue weighted by molar-refractivity contribution is 0.290. The van der Waals surface area contributed by atoms with Gasteiger partial charge < -0.3 is 10.0 Å². The second-order valence-electron chi connectivity index (χ2n) is 2.69. The first-order valence-electron chi connectivity index (χ1n) is 4.11. The molecule has 1 aromatic rings. The van der Waals surface area contributed by atoms with E-state index in [1.165, 1.54) is 4.90 Å². The van der Waals surface area contributed by atoms with Crippen LogP contribution >= 0.6 is 0 Å². The predicted molar refractivity (Wildman–Crippen MR) is 46.4 cm³/mol. The third-order valence-corrected chi connectivity index (χ3v) is 1.91. The van der Waals surface area contributed by atoms with Gasteiger partial charge in [-0.3, -0.25) is 0 Å². The van der Waals surface area contributed by atoms with E-state index in [9.17, 15) is 13.2 Å². The monoisotopic (exact) mass is 205 g/mol. The lowest BCUT2D eigenvalue weighted by Gasteiger charge is -2.20. The highest BCUT2D eigenvalue weighted by molar-refractivity contribution is 5.47. The molecule has 0 aliphatic heterocycles. The molecule has 0 aromatic heterocycles. The predicted octanol–water partition coefficient (Wildman–Crippen LogP) is 1.88. The minimum absolute atomic E-state index is 0.145. The Kier molecular flexibility index (Phi) is 3.35. The molecule has 0 unspecified atom stereocenters. The molecule has 0 atom stereocenters. The molecular weight excluding hydrogens is 195 g/mol. The number of anilines is 1. The van der Waals surface area contributed by atoms with Crippen molar-refractivity contribution in [2.45, 2.75) is 6.92 Å². The summed E-state index contributed by atoms with van der Waals surface area (Å²) in [6.45, 7) is 1.52. The summed E-state index contributed by atoms with van der Waals surface area (Å²) in [7, 11) is 0. The maximum Gasteiger partial charge on any atom is 0.196 e. The largest absolute Gasteiger partial charge is 0.376 e. The van der Waals surface area contributed by atoms with Gasteiger partial charge in [0.15, 0.2) is 17.5 Å². The van der Waals surface area contributed by atoms with Crippen LogP contribution in [0.5, 0.6) is 0 Å². The van der Waals surface area contributed by atoms with E-state index in [4.69, 9.17) is 5.11 Å². The van der Waals surface area contributed by atoms with Crippen LogP contribution in [-0.4, -0.2) is 18.4 Å². The third-order valence-electron chi connectivity index (χ3n) is 1.91. The van der Waals surface area contributed by atoms with E-state index in [-0.39, 0.29) is 5.69 Å². The van der Waals surface area contributed by atoms with E-state index >= 15 is 0 Å². The molecule has 0 radical (unpaired) electrons. The molecule has 0 saturated heterocycles. The first-order chi connectivity index (χ1) is 6.61. The lowest BCUT2D eigenvalue weighted by atomic mass is 10.2. The summed E-state index contributed by atoms with van der Waals surface area (Å²) >= 11 is 0. The number of aliphatic hydroxyl groups excluding tert-OH is 1. The van der Waals surface area contributed by atoms with E-state index < -0.39 is 24.2 Å². The van der Waals surface area contributed by atoms with Gasteiger partial charge >= 0.3 is 0 Å². The van der Waals surface area contributed by atoms with E-state index in [1.807, 2.05) is 0 Å². The van der Waals surface area contributed by atoms with Gasteiger partial charge in [-0.15, -0.1) is 0 Å². The zero-order chi connectivity index (χ0) is 10.7. The van der Waals surface area contributed by atoms with E-state index in [0.717, 1.165) is 12.1 Å². The van der Waals surface area contributed by atoms with Gasteiger partial charge in [-0.25, -0.2) is 13.2 Å². The standard InChI is InChI=1S/C9H10F3NO/c1-2-13(5-14)7-4-3-6(10)8(11)9(7)12/h3-4,14H,2,5H2,1H3. The number of hydrogen-bond acceptors (Lipinski definition) is 2. The Morgan fingerprint density at radius 1 is 1.21 bits per heavy atom. The summed E-state index contributed by atoms with van der Waals surface area (Å²) in [5, 5.41) is 8.81. The second kappa shape index (κ2) is 4.32. The van der Waals surface area contributed by atoms with Crippen LogP contribution in [0.1, 0.15) is 6.92 Å². The molecule has 5 heteroatoms. The Bertz CT molecular complexity index is 326. The summed E-state index contributed by atoms with van der Waals surface area (Å²) in [6, 6.07) is 1.92. The maximum absolute atomic E-state index is 13.1. The van der Waals surface area contributed by atoms with Gasteiger partial charge in [0, 0.05) is 6.54 Å². The van der Waals surface area contributed by atoms with Gasteiger partial charge in [0.25, 0.3) is 0 Å². The van der Waals surface area contributed by atoms with Crippen LogP contribution in [0.3, 0.4) is 0 Å². The summed E-state index contributed by atoms with van der Waals surface area (Å²) in [5.74, 6) is -4.03. The molecule has 0 aliphatic rings. The van der Waals surface area contributed by atoms with Crippen LogP contribution in [0.4, 0.5) is 18.9 Å². The zero-order valence-corrected chi connectivity index (χ0v) is 7.60. The molecule has 0 bridgehead atoms. The first kappa shape index (κ1) is 10.8. The van der Waals surface area contributed by atoms with Crippen molar-refractivity contribution in [2.75, 3.05) is 18.2 Å². The maximum atomic E-state index is 13.1. The molecule has 0 aliphatic carbocycles. The fourth-order valence-electron chi connectivity index (χ4n) is 1.11. The minimum Gasteiger partial charge on any atom is -0.376 e. The van der Waals surface area contributed by atoms with E-state index in [0.29, 0.717) is 6.54 Å². The number of hydrogen-bond donors (Lipinski definition) is 1. The molecule has 0 amide bonds. The van der Waals surface area contributed by atoms with Gasteiger partial charge in [-0.1, -0.05) is 0 Å². The molecule has 0 saturated carbocycles. The van der Waals surface area contributed by atoms with Crippen LogP contribution in [0.2, 0.25) is 0 Å². The SMILES string of the molecule is CCN(CO)c1ccc(F)c(F)c1F. The Labute approximate surface area is 79.6 Å². The van der Waals surface area contributed by atoms with Crippen molar-refractivity contribution < 1.29 is 18.3 Å². The zero-order valence-electron chi connectivity index (χ0n) is 7.60. The molecule has 1 N–H and O–H groups in total. The molecule has 2 nitrogen and oxygen atoms in total. The lowest BCUT2D eigenvalue weighted by Crippen LogP contribution is -2.25. The highest BCUT2D eigenvalue weighted by Crippen LogP contribution is 2.22. The van der Waals surface area contributed by atoms with Crippen molar-refractivity contribution in [3.8, 4) is 0 Å². The van der Waals surface area contributed by atoms with Gasteiger partial charge in [0.05, 0.1) is 5.69 Å². The van der Waals surface area contributed by atoms with Crippen LogP contribution in [0.15, 0.2) is 12.1 Å². The number of rotatable bonds is 3. The Morgan fingerprint density at radius 3 is 2.36 bits per heavy atom. The minimum atomic E-state index is -1.52. The van der Waals surface area contributed by atoms with Gasteiger partial charge in [0.2, 0.25) is 0 Å². The Hall–Kier alpha value is -1.23. The smallest absolute Gasteiger partial charge is 0.196 e. The number of nitrogens with zero attached hydrogens (tertiary/aromatic N) is 1. The molecule has 1 aromatic carbocycles. The van der Waals surface area contributed by atoms with Crippen LogP contribution in [0.25, 0.3) is 0 Å². The van der Waals surface area contributed by atoms with E-state index in [2.05, 4.69) is 0 Å². The molecule has 14 heavy (non-hydrogen) atoms. The average molecular weight is 205 g/mol. The van der Waals surface area contributed by atoms with Crippen LogP contribution < -0.4 is 4.90 Å². The summed E-state index contributed by atoms with van der Waals surface area (Å²) in [4.78, 5) is 1.18. The topological polar surface area (TPSA) is 23.5 Å². The molecule has 0 heterocycles. The average Bonchev–Trinajstić information content (AvgIpc) is 2.19. The van der Waals surface area contributed by atoms with Gasteiger partial charge in [-0.2, -0.15) is 0 Å². The fraction of sp³-hybridized carbons (Fsp3) is 0.333. The van der Waals surface area contributed by atoms with Crippen molar-refractivity contribution >= 4 is 5.69 Å². The Morgan fingerprint density at radius 2 is 1.86 bits per heavy atom. The highest BCUT2D eigenvalue weighted by Gasteiger charge is 2.16.